The molecule has 1 unspecified atom stereocenters. The number of rotatable bonds is 5. The van der Waals surface area contributed by atoms with Crippen LogP contribution in [-0.4, -0.2) is 32.8 Å². The van der Waals surface area contributed by atoms with Gasteiger partial charge in [-0.1, -0.05) is 11.2 Å². The number of aromatic hydroxyl groups is 2. The van der Waals surface area contributed by atoms with Gasteiger partial charge in [0.25, 0.3) is 11.7 Å². The van der Waals surface area contributed by atoms with Crippen molar-refractivity contribution in [3.63, 3.8) is 0 Å². The quantitative estimate of drug-likeness (QED) is 0.588. The van der Waals surface area contributed by atoms with E-state index in [-0.39, 0.29) is 23.2 Å². The molecule has 0 spiro atoms. The van der Waals surface area contributed by atoms with Gasteiger partial charge in [-0.15, -0.1) is 0 Å². The molecule has 1 aromatic heterocycles. The van der Waals surface area contributed by atoms with Gasteiger partial charge in [0.1, 0.15) is 0 Å². The summed E-state index contributed by atoms with van der Waals surface area (Å²) in [5.41, 5.74) is 6.62. The van der Waals surface area contributed by atoms with E-state index in [1.165, 1.54) is 12.1 Å². The normalized spacial score (nSPS) is 12.1. The summed E-state index contributed by atoms with van der Waals surface area (Å²) in [4.78, 5) is 15.5. The number of benzene rings is 1. The fourth-order valence-corrected chi connectivity index (χ4v) is 1.75. The highest BCUT2D eigenvalue weighted by molar-refractivity contribution is 5.90. The number of phenols is 2. The van der Waals surface area contributed by atoms with Crippen LogP contribution in [0.5, 0.6) is 11.5 Å². The number of aromatic nitrogens is 2. The molecule has 21 heavy (non-hydrogen) atoms. The van der Waals surface area contributed by atoms with Gasteiger partial charge in [0, 0.05) is 6.54 Å². The highest BCUT2D eigenvalue weighted by Crippen LogP contribution is 2.26. The Kier molecular flexibility index (Phi) is 4.39. The Morgan fingerprint density at radius 1 is 1.43 bits per heavy atom. The standard InChI is InChI=1S/C13H16N4O4/c1-2-15-12(20)11-16-13(21-17-11)8(14)5-7-3-4-9(18)10(19)6-7/h3-4,6,8,18-19H,2,5,14H2,1H3,(H,15,20). The molecule has 1 atom stereocenters. The number of carbonyl (C=O) groups is 1. The maximum absolute atomic E-state index is 11.5. The predicted octanol–water partition coefficient (Wildman–Crippen LogP) is 0.473. The van der Waals surface area contributed by atoms with E-state index in [1.54, 1.807) is 13.0 Å². The van der Waals surface area contributed by atoms with Gasteiger partial charge in [-0.3, -0.25) is 4.79 Å². The molecule has 0 aliphatic carbocycles. The van der Waals surface area contributed by atoms with Crippen LogP contribution in [0.15, 0.2) is 22.7 Å². The molecular weight excluding hydrogens is 276 g/mol. The summed E-state index contributed by atoms with van der Waals surface area (Å²) in [6.07, 6.45) is 0.310. The van der Waals surface area contributed by atoms with Crippen molar-refractivity contribution in [1.82, 2.24) is 15.5 Å². The maximum atomic E-state index is 11.5. The van der Waals surface area contributed by atoms with Gasteiger partial charge in [0.05, 0.1) is 6.04 Å². The first-order chi connectivity index (χ1) is 10.0. The summed E-state index contributed by atoms with van der Waals surface area (Å²) >= 11 is 0. The molecule has 0 saturated carbocycles. The molecule has 0 saturated heterocycles. The third kappa shape index (κ3) is 3.48. The summed E-state index contributed by atoms with van der Waals surface area (Å²) in [6, 6.07) is 3.77. The van der Waals surface area contributed by atoms with Gasteiger partial charge in [-0.05, 0) is 31.0 Å². The third-order valence-electron chi connectivity index (χ3n) is 2.79. The number of hydrogen-bond donors (Lipinski definition) is 4. The molecule has 5 N–H and O–H groups in total. The van der Waals surface area contributed by atoms with Crippen LogP contribution in [0.25, 0.3) is 0 Å². The number of nitrogens with two attached hydrogens (primary N) is 1. The molecule has 1 heterocycles. The topological polar surface area (TPSA) is 134 Å². The highest BCUT2D eigenvalue weighted by Gasteiger charge is 2.19. The van der Waals surface area contributed by atoms with Crippen molar-refractivity contribution in [3.05, 3.63) is 35.5 Å². The van der Waals surface area contributed by atoms with E-state index in [1.807, 2.05) is 0 Å². The molecule has 8 nitrogen and oxygen atoms in total. The van der Waals surface area contributed by atoms with E-state index in [0.717, 1.165) is 0 Å². The molecule has 0 aliphatic rings. The number of nitrogens with zero attached hydrogens (tertiary/aromatic N) is 2. The van der Waals surface area contributed by atoms with Crippen LogP contribution in [0.1, 0.15) is 35.0 Å². The Balaban J connectivity index is 2.08. The Bertz CT molecular complexity index is 641. The van der Waals surface area contributed by atoms with Gasteiger partial charge in [0.2, 0.25) is 5.89 Å². The zero-order valence-electron chi connectivity index (χ0n) is 11.4. The number of amides is 1. The molecule has 0 aliphatic heterocycles. The van der Waals surface area contributed by atoms with Crippen molar-refractivity contribution in [1.29, 1.82) is 0 Å². The summed E-state index contributed by atoms with van der Waals surface area (Å²) in [5, 5.41) is 24.8. The van der Waals surface area contributed by atoms with Crippen LogP contribution in [0, 0.1) is 0 Å². The lowest BCUT2D eigenvalue weighted by Gasteiger charge is -2.07. The number of phenolic OH excluding ortho intramolecular Hbond substituents is 2. The fraction of sp³-hybridized carbons (Fsp3) is 0.308. The van der Waals surface area contributed by atoms with E-state index < -0.39 is 11.9 Å². The van der Waals surface area contributed by atoms with E-state index in [2.05, 4.69) is 15.5 Å². The fourth-order valence-electron chi connectivity index (χ4n) is 1.75. The van der Waals surface area contributed by atoms with E-state index >= 15 is 0 Å². The van der Waals surface area contributed by atoms with Crippen LogP contribution >= 0.6 is 0 Å². The smallest absolute Gasteiger partial charge is 0.292 e. The Hall–Kier alpha value is -2.61. The molecule has 0 radical (unpaired) electrons. The molecule has 0 bridgehead atoms. The monoisotopic (exact) mass is 292 g/mol. The van der Waals surface area contributed by atoms with Crippen molar-refractivity contribution in [2.45, 2.75) is 19.4 Å². The first-order valence-corrected chi connectivity index (χ1v) is 6.39. The highest BCUT2D eigenvalue weighted by atomic mass is 16.5. The molecule has 2 rings (SSSR count). The summed E-state index contributed by atoms with van der Waals surface area (Å²) in [5.74, 6) is -0.807. The lowest BCUT2D eigenvalue weighted by atomic mass is 10.1. The first kappa shape index (κ1) is 14.8. The van der Waals surface area contributed by atoms with Gasteiger partial charge in [-0.25, -0.2) is 0 Å². The van der Waals surface area contributed by atoms with Crippen LogP contribution < -0.4 is 11.1 Å². The van der Waals surface area contributed by atoms with Crippen LogP contribution in [0.3, 0.4) is 0 Å². The van der Waals surface area contributed by atoms with E-state index in [4.69, 9.17) is 10.3 Å². The van der Waals surface area contributed by atoms with Gasteiger partial charge < -0.3 is 25.8 Å². The SMILES string of the molecule is CCNC(=O)c1noc(C(N)Cc2ccc(O)c(O)c2)n1. The van der Waals surface area contributed by atoms with Crippen molar-refractivity contribution in [2.75, 3.05) is 6.54 Å². The summed E-state index contributed by atoms with van der Waals surface area (Å²) in [7, 11) is 0. The van der Waals surface area contributed by atoms with Gasteiger partial charge in [0.15, 0.2) is 11.5 Å². The molecule has 1 amide bonds. The number of hydrogen-bond acceptors (Lipinski definition) is 7. The van der Waals surface area contributed by atoms with Gasteiger partial charge in [-0.2, -0.15) is 4.98 Å². The molecular formula is C13H16N4O4. The average molecular weight is 292 g/mol. The Morgan fingerprint density at radius 3 is 2.86 bits per heavy atom. The number of carbonyl (C=O) groups excluding carboxylic acids is 1. The summed E-state index contributed by atoms with van der Waals surface area (Å²) < 4.78 is 4.96. The van der Waals surface area contributed by atoms with Crippen LogP contribution in [0.2, 0.25) is 0 Å². The second-order valence-electron chi connectivity index (χ2n) is 4.45. The lowest BCUT2D eigenvalue weighted by Crippen LogP contribution is -2.24. The minimum absolute atomic E-state index is 0.0733. The zero-order valence-corrected chi connectivity index (χ0v) is 11.4. The van der Waals surface area contributed by atoms with Crippen molar-refractivity contribution < 1.29 is 19.5 Å². The van der Waals surface area contributed by atoms with Crippen LogP contribution in [-0.2, 0) is 6.42 Å². The Labute approximate surface area is 120 Å². The Morgan fingerprint density at radius 2 is 2.19 bits per heavy atom. The zero-order chi connectivity index (χ0) is 15.4. The lowest BCUT2D eigenvalue weighted by molar-refractivity contribution is 0.0942. The summed E-state index contributed by atoms with van der Waals surface area (Å²) in [6.45, 7) is 2.24. The second-order valence-corrected chi connectivity index (χ2v) is 4.45. The van der Waals surface area contributed by atoms with Gasteiger partial charge >= 0.3 is 0 Å². The van der Waals surface area contributed by atoms with E-state index in [0.29, 0.717) is 18.5 Å². The predicted molar refractivity (Wildman–Crippen MR) is 72.7 cm³/mol. The second kappa shape index (κ2) is 6.23. The third-order valence-corrected chi connectivity index (χ3v) is 2.79. The maximum Gasteiger partial charge on any atom is 0.292 e. The minimum Gasteiger partial charge on any atom is -0.504 e. The molecule has 2 aromatic rings. The van der Waals surface area contributed by atoms with Crippen LogP contribution in [0.4, 0.5) is 0 Å². The largest absolute Gasteiger partial charge is 0.504 e. The van der Waals surface area contributed by atoms with Crippen molar-refractivity contribution >= 4 is 5.91 Å². The van der Waals surface area contributed by atoms with E-state index in [9.17, 15) is 15.0 Å². The molecule has 112 valence electrons. The van der Waals surface area contributed by atoms with Crippen molar-refractivity contribution in [2.24, 2.45) is 5.73 Å². The minimum atomic E-state index is -0.621. The number of nitrogens with one attached hydrogen (secondary N) is 1. The molecule has 0 fully saturated rings. The molecule has 1 aromatic carbocycles. The average Bonchev–Trinajstić information content (AvgIpc) is 2.93. The molecule has 8 heteroatoms. The first-order valence-electron chi connectivity index (χ1n) is 6.39. The van der Waals surface area contributed by atoms with Crippen molar-refractivity contribution in [3.8, 4) is 11.5 Å².